The molecule has 140 valence electrons. The summed E-state index contributed by atoms with van der Waals surface area (Å²) in [7, 11) is 1.70. The van der Waals surface area contributed by atoms with E-state index in [0.717, 1.165) is 15.6 Å². The topological polar surface area (TPSA) is 62.3 Å². The number of hydrogen-bond donors (Lipinski definition) is 1. The van der Waals surface area contributed by atoms with Crippen LogP contribution in [0.3, 0.4) is 0 Å². The maximum absolute atomic E-state index is 12.9. The summed E-state index contributed by atoms with van der Waals surface area (Å²) in [5.41, 5.74) is 1.88. The van der Waals surface area contributed by atoms with E-state index in [0.29, 0.717) is 11.3 Å². The van der Waals surface area contributed by atoms with Crippen molar-refractivity contribution in [3.63, 3.8) is 0 Å². The number of anilines is 2. The van der Waals surface area contributed by atoms with Crippen LogP contribution in [0.2, 0.25) is 10.0 Å². The average molecular weight is 430 g/mol. The van der Waals surface area contributed by atoms with E-state index in [4.69, 9.17) is 23.2 Å². The third-order valence-corrected chi connectivity index (χ3v) is 6.00. The van der Waals surface area contributed by atoms with Crippen molar-refractivity contribution in [2.75, 3.05) is 17.3 Å². The fourth-order valence-electron chi connectivity index (χ4n) is 2.88. The Kier molecular flexibility index (Phi) is 5.02. The number of amides is 2. The first kappa shape index (κ1) is 18.8. The molecule has 0 radical (unpaired) electrons. The van der Waals surface area contributed by atoms with Crippen LogP contribution in [0.15, 0.2) is 64.6 Å². The summed E-state index contributed by atoms with van der Waals surface area (Å²) in [5, 5.41) is 4.02. The normalized spacial score (nSPS) is 12.8. The highest BCUT2D eigenvalue weighted by Crippen LogP contribution is 2.40. The molecule has 2 aromatic carbocycles. The summed E-state index contributed by atoms with van der Waals surface area (Å²) >= 11 is 13.6. The Morgan fingerprint density at radius 3 is 2.61 bits per heavy atom. The van der Waals surface area contributed by atoms with Gasteiger partial charge in [-0.3, -0.25) is 9.59 Å². The Bertz CT molecular complexity index is 1100. The fraction of sp³-hybridized carbons (Fsp3) is 0.0500. The first-order valence-corrected chi connectivity index (χ1v) is 9.83. The molecular weight excluding hydrogens is 417 g/mol. The van der Waals surface area contributed by atoms with Gasteiger partial charge in [0, 0.05) is 23.8 Å². The van der Waals surface area contributed by atoms with E-state index in [9.17, 15) is 9.59 Å². The molecule has 4 rings (SSSR count). The third-order valence-electron chi connectivity index (χ3n) is 4.28. The zero-order valence-corrected chi connectivity index (χ0v) is 16.9. The molecule has 2 amide bonds. The van der Waals surface area contributed by atoms with E-state index in [2.05, 4.69) is 10.3 Å². The van der Waals surface area contributed by atoms with Crippen molar-refractivity contribution in [3.05, 3.63) is 75.9 Å². The first-order chi connectivity index (χ1) is 13.5. The quantitative estimate of drug-likeness (QED) is 0.593. The molecule has 0 aliphatic carbocycles. The summed E-state index contributed by atoms with van der Waals surface area (Å²) in [6.07, 6.45) is 1.69. The van der Waals surface area contributed by atoms with Crippen LogP contribution in [0.1, 0.15) is 20.7 Å². The van der Waals surface area contributed by atoms with E-state index < -0.39 is 5.91 Å². The summed E-state index contributed by atoms with van der Waals surface area (Å²) in [6, 6.07) is 13.7. The van der Waals surface area contributed by atoms with Gasteiger partial charge in [0.1, 0.15) is 5.03 Å². The van der Waals surface area contributed by atoms with Gasteiger partial charge in [-0.25, -0.2) is 4.98 Å². The monoisotopic (exact) mass is 429 g/mol. The number of hydrogen-bond acceptors (Lipinski definition) is 4. The fourth-order valence-corrected chi connectivity index (χ4v) is 4.48. The van der Waals surface area contributed by atoms with Crippen molar-refractivity contribution < 1.29 is 9.59 Å². The molecule has 0 unspecified atom stereocenters. The van der Waals surface area contributed by atoms with Gasteiger partial charge < -0.3 is 10.2 Å². The lowest BCUT2D eigenvalue weighted by atomic mass is 10.1. The molecular formula is C20H13Cl2N3O2S. The van der Waals surface area contributed by atoms with Gasteiger partial charge >= 0.3 is 0 Å². The van der Waals surface area contributed by atoms with Crippen LogP contribution >= 0.6 is 35.0 Å². The maximum Gasteiger partial charge on any atom is 0.259 e. The largest absolute Gasteiger partial charge is 0.322 e. The standard InChI is InChI=1S/C20H13Cl2N3O2S/c1-25-15-6-3-9-23-19(15)28-16-8-7-11(10-12(16)20(25)27)24-18(26)17-13(21)4-2-5-14(17)22/h2-10H,1H3,(H,24,26). The summed E-state index contributed by atoms with van der Waals surface area (Å²) < 4.78 is 0. The molecule has 2 heterocycles. The molecule has 0 bridgehead atoms. The number of benzene rings is 2. The van der Waals surface area contributed by atoms with Crippen LogP contribution in [0.5, 0.6) is 0 Å². The number of pyridine rings is 1. The molecule has 0 spiro atoms. The summed E-state index contributed by atoms with van der Waals surface area (Å²) in [4.78, 5) is 32.3. The predicted octanol–water partition coefficient (Wildman–Crippen LogP) is 5.38. The van der Waals surface area contributed by atoms with Crippen molar-refractivity contribution in [2.24, 2.45) is 0 Å². The SMILES string of the molecule is CN1C(=O)c2cc(NC(=O)c3c(Cl)cccc3Cl)ccc2Sc2ncccc21. The van der Waals surface area contributed by atoms with Gasteiger partial charge in [0.05, 0.1) is 26.9 Å². The lowest BCUT2D eigenvalue weighted by molar-refractivity contribution is 0.0987. The molecule has 1 aliphatic rings. The highest BCUT2D eigenvalue weighted by molar-refractivity contribution is 7.99. The highest BCUT2D eigenvalue weighted by atomic mass is 35.5. The Morgan fingerprint density at radius 1 is 1.11 bits per heavy atom. The van der Waals surface area contributed by atoms with Crippen LogP contribution in [-0.2, 0) is 0 Å². The van der Waals surface area contributed by atoms with Crippen molar-refractivity contribution in [2.45, 2.75) is 9.92 Å². The minimum Gasteiger partial charge on any atom is -0.322 e. The molecule has 0 saturated heterocycles. The van der Waals surface area contributed by atoms with E-state index in [1.165, 1.54) is 11.8 Å². The van der Waals surface area contributed by atoms with Crippen molar-refractivity contribution >= 4 is 58.2 Å². The Morgan fingerprint density at radius 2 is 1.86 bits per heavy atom. The van der Waals surface area contributed by atoms with Crippen LogP contribution in [0, 0.1) is 0 Å². The van der Waals surface area contributed by atoms with Gasteiger partial charge in [-0.2, -0.15) is 0 Å². The first-order valence-electron chi connectivity index (χ1n) is 8.26. The second kappa shape index (κ2) is 7.47. The van der Waals surface area contributed by atoms with Crippen molar-refractivity contribution in [1.29, 1.82) is 0 Å². The second-order valence-electron chi connectivity index (χ2n) is 6.06. The Labute approximate surface area is 175 Å². The maximum atomic E-state index is 12.9. The van der Waals surface area contributed by atoms with Gasteiger partial charge in [-0.05, 0) is 42.5 Å². The van der Waals surface area contributed by atoms with E-state index in [1.54, 1.807) is 60.6 Å². The molecule has 0 atom stereocenters. The average Bonchev–Trinajstić information content (AvgIpc) is 2.77. The number of carbonyl (C=O) groups excluding carboxylic acids is 2. The third kappa shape index (κ3) is 3.35. The molecule has 3 aromatic rings. The van der Waals surface area contributed by atoms with Gasteiger partial charge in [-0.15, -0.1) is 0 Å². The summed E-state index contributed by atoms with van der Waals surface area (Å²) in [6.45, 7) is 0. The van der Waals surface area contributed by atoms with Gasteiger partial charge in [0.2, 0.25) is 0 Å². The highest BCUT2D eigenvalue weighted by Gasteiger charge is 2.26. The molecule has 8 heteroatoms. The number of fused-ring (bicyclic) bond motifs is 2. The summed E-state index contributed by atoms with van der Waals surface area (Å²) in [5.74, 6) is -0.622. The molecule has 1 aromatic heterocycles. The number of rotatable bonds is 2. The molecule has 1 N–H and O–H groups in total. The lowest BCUT2D eigenvalue weighted by Crippen LogP contribution is -2.26. The molecule has 0 fully saturated rings. The van der Waals surface area contributed by atoms with E-state index in [1.807, 2.05) is 6.07 Å². The number of carbonyl (C=O) groups is 2. The number of nitrogens with one attached hydrogen (secondary N) is 1. The smallest absolute Gasteiger partial charge is 0.259 e. The van der Waals surface area contributed by atoms with Crippen LogP contribution in [0.4, 0.5) is 11.4 Å². The lowest BCUT2D eigenvalue weighted by Gasteiger charge is -2.16. The minimum atomic E-state index is -0.442. The second-order valence-corrected chi connectivity index (χ2v) is 7.90. The van der Waals surface area contributed by atoms with Gasteiger partial charge in [0.15, 0.2) is 0 Å². The molecule has 5 nitrogen and oxygen atoms in total. The van der Waals surface area contributed by atoms with E-state index >= 15 is 0 Å². The number of aromatic nitrogens is 1. The molecule has 0 saturated carbocycles. The van der Waals surface area contributed by atoms with Crippen LogP contribution < -0.4 is 10.2 Å². The van der Waals surface area contributed by atoms with Gasteiger partial charge in [-0.1, -0.05) is 41.0 Å². The van der Waals surface area contributed by atoms with Crippen LogP contribution in [0.25, 0.3) is 0 Å². The zero-order chi connectivity index (χ0) is 19.8. The van der Waals surface area contributed by atoms with Crippen molar-refractivity contribution in [3.8, 4) is 0 Å². The number of nitrogens with zero attached hydrogens (tertiary/aromatic N) is 2. The predicted molar refractivity (Wildman–Crippen MR) is 112 cm³/mol. The van der Waals surface area contributed by atoms with Crippen molar-refractivity contribution in [1.82, 2.24) is 4.98 Å². The van der Waals surface area contributed by atoms with Gasteiger partial charge in [0.25, 0.3) is 11.8 Å². The minimum absolute atomic E-state index is 0.180. The Hall–Kier alpha value is -2.54. The van der Waals surface area contributed by atoms with Crippen LogP contribution in [-0.4, -0.2) is 23.8 Å². The number of halogens is 2. The van der Waals surface area contributed by atoms with E-state index in [-0.39, 0.29) is 21.5 Å². The molecule has 1 aliphatic heterocycles. The Balaban J connectivity index is 1.68. The zero-order valence-electron chi connectivity index (χ0n) is 14.6. The molecule has 28 heavy (non-hydrogen) atoms.